The van der Waals surface area contributed by atoms with Gasteiger partial charge in [-0.1, -0.05) is 18.2 Å². The average molecular weight is 218 g/mol. The molecule has 0 saturated carbocycles. The molecule has 0 atom stereocenters. The van der Waals surface area contributed by atoms with Gasteiger partial charge < -0.3 is 14.4 Å². The van der Waals surface area contributed by atoms with Gasteiger partial charge in [-0.3, -0.25) is 0 Å². The molecule has 0 radical (unpaired) electrons. The number of hydrogen-bond acceptors (Lipinski definition) is 3. The SMILES string of the molecule is COc1ccccc1Cn1cnc(CO)c1. The van der Waals surface area contributed by atoms with Crippen molar-refractivity contribution in [2.24, 2.45) is 0 Å². The van der Waals surface area contributed by atoms with Gasteiger partial charge in [-0.05, 0) is 6.07 Å². The quantitative estimate of drug-likeness (QED) is 0.844. The Bertz CT molecular complexity index is 466. The fourth-order valence-corrected chi connectivity index (χ4v) is 1.60. The van der Waals surface area contributed by atoms with Crippen LogP contribution >= 0.6 is 0 Å². The zero-order valence-corrected chi connectivity index (χ0v) is 9.13. The lowest BCUT2D eigenvalue weighted by molar-refractivity contribution is 0.277. The molecule has 16 heavy (non-hydrogen) atoms. The van der Waals surface area contributed by atoms with Gasteiger partial charge in [-0.2, -0.15) is 0 Å². The number of rotatable bonds is 4. The summed E-state index contributed by atoms with van der Waals surface area (Å²) >= 11 is 0. The lowest BCUT2D eigenvalue weighted by Crippen LogP contribution is -1.99. The summed E-state index contributed by atoms with van der Waals surface area (Å²) in [7, 11) is 1.66. The van der Waals surface area contributed by atoms with Gasteiger partial charge in [0.05, 0.1) is 32.3 Å². The van der Waals surface area contributed by atoms with Crippen LogP contribution in [0.3, 0.4) is 0 Å². The van der Waals surface area contributed by atoms with Crippen molar-refractivity contribution in [2.45, 2.75) is 13.2 Å². The Morgan fingerprint density at radius 2 is 2.19 bits per heavy atom. The number of benzene rings is 1. The first-order chi connectivity index (χ1) is 7.83. The Labute approximate surface area is 94.1 Å². The zero-order chi connectivity index (χ0) is 11.4. The van der Waals surface area contributed by atoms with E-state index in [9.17, 15) is 0 Å². The molecule has 0 aliphatic rings. The molecule has 0 bridgehead atoms. The van der Waals surface area contributed by atoms with Crippen molar-refractivity contribution in [3.63, 3.8) is 0 Å². The summed E-state index contributed by atoms with van der Waals surface area (Å²) in [6.45, 7) is 0.663. The first-order valence-corrected chi connectivity index (χ1v) is 5.07. The Hall–Kier alpha value is -1.81. The maximum atomic E-state index is 8.92. The molecule has 0 aliphatic carbocycles. The number of aromatic nitrogens is 2. The summed E-state index contributed by atoms with van der Waals surface area (Å²) in [5.41, 5.74) is 1.77. The maximum Gasteiger partial charge on any atom is 0.123 e. The van der Waals surface area contributed by atoms with E-state index in [0.29, 0.717) is 12.2 Å². The number of para-hydroxylation sites is 1. The van der Waals surface area contributed by atoms with Crippen LogP contribution in [0.15, 0.2) is 36.8 Å². The molecule has 0 fully saturated rings. The molecular formula is C12H14N2O2. The minimum atomic E-state index is -0.0288. The van der Waals surface area contributed by atoms with Crippen molar-refractivity contribution < 1.29 is 9.84 Å². The van der Waals surface area contributed by atoms with E-state index in [2.05, 4.69) is 4.98 Å². The number of aliphatic hydroxyl groups is 1. The number of hydrogen-bond donors (Lipinski definition) is 1. The van der Waals surface area contributed by atoms with Crippen molar-refractivity contribution in [2.75, 3.05) is 7.11 Å². The van der Waals surface area contributed by atoms with Crippen LogP contribution in [0.2, 0.25) is 0 Å². The molecule has 1 aromatic heterocycles. The predicted octanol–water partition coefficient (Wildman–Crippen LogP) is 1.43. The Kier molecular flexibility index (Phi) is 3.22. The second kappa shape index (κ2) is 4.81. The molecule has 1 heterocycles. The lowest BCUT2D eigenvalue weighted by Gasteiger charge is -2.08. The summed E-state index contributed by atoms with van der Waals surface area (Å²) in [6, 6.07) is 7.85. The summed E-state index contributed by atoms with van der Waals surface area (Å²) in [5, 5.41) is 8.92. The fraction of sp³-hybridized carbons (Fsp3) is 0.250. The van der Waals surface area contributed by atoms with E-state index >= 15 is 0 Å². The monoisotopic (exact) mass is 218 g/mol. The van der Waals surface area contributed by atoms with Crippen LogP contribution in [-0.2, 0) is 13.2 Å². The minimum absolute atomic E-state index is 0.0288. The van der Waals surface area contributed by atoms with E-state index in [0.717, 1.165) is 11.3 Å². The Morgan fingerprint density at radius 3 is 2.88 bits per heavy atom. The van der Waals surface area contributed by atoms with Crippen LogP contribution in [0.4, 0.5) is 0 Å². The second-order valence-electron chi connectivity index (χ2n) is 3.51. The molecule has 4 heteroatoms. The largest absolute Gasteiger partial charge is 0.496 e. The highest BCUT2D eigenvalue weighted by molar-refractivity contribution is 5.33. The van der Waals surface area contributed by atoms with Crippen molar-refractivity contribution in [1.29, 1.82) is 0 Å². The molecule has 1 aromatic carbocycles. The molecular weight excluding hydrogens is 204 g/mol. The fourth-order valence-electron chi connectivity index (χ4n) is 1.60. The number of aliphatic hydroxyl groups excluding tert-OH is 1. The van der Waals surface area contributed by atoms with Crippen molar-refractivity contribution in [1.82, 2.24) is 9.55 Å². The van der Waals surface area contributed by atoms with Crippen molar-refractivity contribution in [3.8, 4) is 5.75 Å². The van der Waals surface area contributed by atoms with E-state index in [-0.39, 0.29) is 6.61 Å². The molecule has 0 spiro atoms. The average Bonchev–Trinajstić information content (AvgIpc) is 2.77. The Morgan fingerprint density at radius 1 is 1.38 bits per heavy atom. The lowest BCUT2D eigenvalue weighted by atomic mass is 10.2. The minimum Gasteiger partial charge on any atom is -0.496 e. The molecule has 2 aromatic rings. The Balaban J connectivity index is 2.19. The third kappa shape index (κ3) is 2.23. The van der Waals surface area contributed by atoms with Gasteiger partial charge in [0, 0.05) is 11.8 Å². The first kappa shape index (κ1) is 10.7. The van der Waals surface area contributed by atoms with Crippen molar-refractivity contribution in [3.05, 3.63) is 48.0 Å². The van der Waals surface area contributed by atoms with Crippen LogP contribution in [0.1, 0.15) is 11.3 Å². The number of nitrogens with zero attached hydrogens (tertiary/aromatic N) is 2. The van der Waals surface area contributed by atoms with Gasteiger partial charge in [-0.15, -0.1) is 0 Å². The molecule has 0 aliphatic heterocycles. The standard InChI is InChI=1S/C12H14N2O2/c1-16-12-5-3-2-4-10(12)6-14-7-11(8-15)13-9-14/h2-5,7,9,15H,6,8H2,1H3. The van der Waals surface area contributed by atoms with Crippen LogP contribution in [0.25, 0.3) is 0 Å². The van der Waals surface area contributed by atoms with Crippen LogP contribution < -0.4 is 4.74 Å². The van der Waals surface area contributed by atoms with Gasteiger partial charge in [-0.25, -0.2) is 4.98 Å². The van der Waals surface area contributed by atoms with Crippen LogP contribution in [0.5, 0.6) is 5.75 Å². The summed E-state index contributed by atoms with van der Waals surface area (Å²) in [6.07, 6.45) is 3.53. The summed E-state index contributed by atoms with van der Waals surface area (Å²) < 4.78 is 7.19. The van der Waals surface area contributed by atoms with E-state index in [4.69, 9.17) is 9.84 Å². The van der Waals surface area contributed by atoms with Gasteiger partial charge in [0.1, 0.15) is 5.75 Å². The number of imidazole rings is 1. The van der Waals surface area contributed by atoms with Gasteiger partial charge >= 0.3 is 0 Å². The summed E-state index contributed by atoms with van der Waals surface area (Å²) in [4.78, 5) is 4.06. The van der Waals surface area contributed by atoms with E-state index in [1.165, 1.54) is 0 Å². The number of ether oxygens (including phenoxy) is 1. The van der Waals surface area contributed by atoms with E-state index in [1.807, 2.05) is 35.0 Å². The molecule has 0 saturated heterocycles. The molecule has 1 N–H and O–H groups in total. The highest BCUT2D eigenvalue weighted by Crippen LogP contribution is 2.18. The highest BCUT2D eigenvalue weighted by atomic mass is 16.5. The van der Waals surface area contributed by atoms with Gasteiger partial charge in [0.25, 0.3) is 0 Å². The molecule has 4 nitrogen and oxygen atoms in total. The first-order valence-electron chi connectivity index (χ1n) is 5.07. The normalized spacial score (nSPS) is 10.4. The maximum absolute atomic E-state index is 8.92. The molecule has 0 amide bonds. The van der Waals surface area contributed by atoms with Crippen LogP contribution in [-0.4, -0.2) is 21.8 Å². The zero-order valence-electron chi connectivity index (χ0n) is 9.13. The molecule has 0 unspecified atom stereocenters. The van der Waals surface area contributed by atoms with E-state index < -0.39 is 0 Å². The van der Waals surface area contributed by atoms with E-state index in [1.54, 1.807) is 13.4 Å². The predicted molar refractivity (Wildman–Crippen MR) is 60.2 cm³/mol. The van der Waals surface area contributed by atoms with Crippen molar-refractivity contribution >= 4 is 0 Å². The third-order valence-electron chi connectivity index (χ3n) is 2.39. The third-order valence-corrected chi connectivity index (χ3v) is 2.39. The van der Waals surface area contributed by atoms with Crippen LogP contribution in [0, 0.1) is 0 Å². The number of methoxy groups -OCH3 is 1. The molecule has 2 rings (SSSR count). The van der Waals surface area contributed by atoms with Gasteiger partial charge in [0.15, 0.2) is 0 Å². The topological polar surface area (TPSA) is 47.3 Å². The smallest absolute Gasteiger partial charge is 0.123 e. The summed E-state index contributed by atoms with van der Waals surface area (Å²) in [5.74, 6) is 0.863. The van der Waals surface area contributed by atoms with Gasteiger partial charge in [0.2, 0.25) is 0 Å². The second-order valence-corrected chi connectivity index (χ2v) is 3.51. The molecule has 84 valence electrons. The highest BCUT2D eigenvalue weighted by Gasteiger charge is 2.03.